The molecule has 2 saturated heterocycles. The zero-order chi connectivity index (χ0) is 21.5. The number of fused-ring (bicyclic) bond motifs is 6. The Morgan fingerprint density at radius 1 is 1.06 bits per heavy atom. The van der Waals surface area contributed by atoms with Gasteiger partial charge in [-0.3, -0.25) is 0 Å². The molecule has 3 nitrogen and oxygen atoms in total. The Balaban J connectivity index is 1.27. The normalized spacial score (nSPS) is 56.6. The lowest BCUT2D eigenvalue weighted by atomic mass is 9.52. The molecule has 0 radical (unpaired) electrons. The molecule has 3 heteroatoms. The summed E-state index contributed by atoms with van der Waals surface area (Å²) >= 11 is 0. The zero-order valence-electron chi connectivity index (χ0n) is 20.5. The Labute approximate surface area is 190 Å². The predicted molar refractivity (Wildman–Crippen MR) is 127 cm³/mol. The van der Waals surface area contributed by atoms with Crippen LogP contribution in [0.25, 0.3) is 0 Å². The molecule has 4 aliphatic carbocycles. The number of nitrogens with two attached hydrogens (primary N) is 1. The maximum Gasteiger partial charge on any atom is 0.0765 e. The van der Waals surface area contributed by atoms with E-state index < -0.39 is 0 Å². The van der Waals surface area contributed by atoms with Crippen LogP contribution in [0.1, 0.15) is 91.9 Å². The smallest absolute Gasteiger partial charge is 0.0765 e. The van der Waals surface area contributed by atoms with Gasteiger partial charge in [0.25, 0.3) is 0 Å². The van der Waals surface area contributed by atoms with Crippen molar-refractivity contribution in [2.75, 3.05) is 6.54 Å². The highest BCUT2D eigenvalue weighted by Crippen LogP contribution is 2.65. The van der Waals surface area contributed by atoms with Crippen LogP contribution >= 0.6 is 0 Å². The third-order valence-corrected chi connectivity index (χ3v) is 11.7. The molecular weight excluding hydrogens is 380 g/mol. The Kier molecular flexibility index (Phi) is 4.99. The van der Waals surface area contributed by atoms with Crippen molar-refractivity contribution in [1.82, 2.24) is 5.32 Å². The van der Waals surface area contributed by atoms with Crippen LogP contribution < -0.4 is 11.1 Å². The van der Waals surface area contributed by atoms with Gasteiger partial charge in [-0.1, -0.05) is 31.9 Å². The fourth-order valence-corrected chi connectivity index (χ4v) is 9.86. The molecule has 31 heavy (non-hydrogen) atoms. The lowest BCUT2D eigenvalue weighted by Gasteiger charge is -2.54. The van der Waals surface area contributed by atoms with E-state index in [-0.39, 0.29) is 5.60 Å². The van der Waals surface area contributed by atoms with Crippen LogP contribution in [0.3, 0.4) is 0 Å². The van der Waals surface area contributed by atoms with Crippen LogP contribution in [-0.4, -0.2) is 30.3 Å². The summed E-state index contributed by atoms with van der Waals surface area (Å²) in [5.74, 6) is 4.92. The SMILES string of the molecule is CC1=C2C[C@H]3[C@@H](CC[C@@H]4C[C@H](N)CC[C@@]43C)[C@@H]2CC[C@@]2(C1)O[C@@H]1C[C@H](C)CN[C@H]1[C@H]2C. The minimum Gasteiger partial charge on any atom is -0.369 e. The molecule has 2 heterocycles. The first-order chi connectivity index (χ1) is 14.8. The molecule has 3 N–H and O–H groups in total. The highest BCUT2D eigenvalue weighted by molar-refractivity contribution is 5.29. The van der Waals surface area contributed by atoms with Gasteiger partial charge in [-0.2, -0.15) is 0 Å². The van der Waals surface area contributed by atoms with E-state index in [1.807, 2.05) is 5.57 Å². The van der Waals surface area contributed by atoms with Crippen LogP contribution in [0.2, 0.25) is 0 Å². The highest BCUT2D eigenvalue weighted by atomic mass is 16.5. The summed E-state index contributed by atoms with van der Waals surface area (Å²) in [5, 5.41) is 3.87. The molecule has 1 spiro atoms. The van der Waals surface area contributed by atoms with Gasteiger partial charge in [-0.15, -0.1) is 0 Å². The van der Waals surface area contributed by atoms with Crippen LogP contribution in [0.5, 0.6) is 0 Å². The van der Waals surface area contributed by atoms with Gasteiger partial charge >= 0.3 is 0 Å². The average molecular weight is 427 g/mol. The number of nitrogens with one attached hydrogen (secondary N) is 1. The van der Waals surface area contributed by atoms with Crippen molar-refractivity contribution < 1.29 is 4.74 Å². The summed E-state index contributed by atoms with van der Waals surface area (Å²) < 4.78 is 7.04. The first-order valence-corrected chi connectivity index (χ1v) is 13.7. The van der Waals surface area contributed by atoms with Crippen molar-refractivity contribution in [3.8, 4) is 0 Å². The van der Waals surface area contributed by atoms with E-state index in [1.165, 1.54) is 70.8 Å². The van der Waals surface area contributed by atoms with E-state index in [4.69, 9.17) is 10.5 Å². The van der Waals surface area contributed by atoms with Crippen molar-refractivity contribution in [2.24, 2.45) is 46.7 Å². The summed E-state index contributed by atoms with van der Waals surface area (Å²) in [6, 6.07) is 1.03. The topological polar surface area (TPSA) is 47.3 Å². The lowest BCUT2D eigenvalue weighted by molar-refractivity contribution is -0.0745. The van der Waals surface area contributed by atoms with E-state index in [1.54, 1.807) is 5.57 Å². The van der Waals surface area contributed by atoms with Crippen LogP contribution in [0.4, 0.5) is 0 Å². The van der Waals surface area contributed by atoms with E-state index in [0.717, 1.165) is 29.6 Å². The largest absolute Gasteiger partial charge is 0.369 e. The highest BCUT2D eigenvalue weighted by Gasteiger charge is 2.59. The van der Waals surface area contributed by atoms with Gasteiger partial charge in [0.2, 0.25) is 0 Å². The summed E-state index contributed by atoms with van der Waals surface area (Å²) in [5.41, 5.74) is 10.6. The number of allylic oxidation sites excluding steroid dienone is 1. The van der Waals surface area contributed by atoms with Crippen molar-refractivity contribution in [1.29, 1.82) is 0 Å². The molecule has 0 aromatic carbocycles. The van der Waals surface area contributed by atoms with Gasteiger partial charge in [0, 0.05) is 18.0 Å². The number of piperidine rings is 1. The molecule has 6 aliphatic rings. The van der Waals surface area contributed by atoms with Gasteiger partial charge < -0.3 is 15.8 Å². The number of ether oxygens (including phenoxy) is 1. The second-order valence-corrected chi connectivity index (χ2v) is 13.2. The molecule has 0 bridgehead atoms. The van der Waals surface area contributed by atoms with Crippen LogP contribution in [0.15, 0.2) is 11.1 Å². The predicted octanol–water partition coefficient (Wildman–Crippen LogP) is 5.44. The van der Waals surface area contributed by atoms with Gasteiger partial charge in [-0.25, -0.2) is 0 Å². The summed E-state index contributed by atoms with van der Waals surface area (Å²) in [6.07, 6.45) is 13.7. The fourth-order valence-electron chi connectivity index (χ4n) is 9.86. The van der Waals surface area contributed by atoms with Crippen molar-refractivity contribution in [2.45, 2.75) is 116 Å². The van der Waals surface area contributed by atoms with Gasteiger partial charge in [0.05, 0.1) is 11.7 Å². The van der Waals surface area contributed by atoms with E-state index in [0.29, 0.717) is 29.5 Å². The second-order valence-electron chi connectivity index (χ2n) is 13.2. The molecule has 11 atom stereocenters. The quantitative estimate of drug-likeness (QED) is 0.507. The maximum atomic E-state index is 7.04. The first-order valence-electron chi connectivity index (χ1n) is 13.7. The molecule has 0 amide bonds. The molecule has 0 unspecified atom stereocenters. The molecule has 3 saturated carbocycles. The molecule has 0 aromatic heterocycles. The minimum atomic E-state index is 0.0853. The summed E-state index contributed by atoms with van der Waals surface area (Å²) in [4.78, 5) is 0. The molecule has 2 aliphatic heterocycles. The van der Waals surface area contributed by atoms with Crippen LogP contribution in [0, 0.1) is 40.9 Å². The third kappa shape index (κ3) is 3.08. The number of hydrogen-bond acceptors (Lipinski definition) is 3. The van der Waals surface area contributed by atoms with Crippen molar-refractivity contribution in [3.63, 3.8) is 0 Å². The summed E-state index contributed by atoms with van der Waals surface area (Å²) in [6.45, 7) is 11.2. The van der Waals surface area contributed by atoms with E-state index in [2.05, 4.69) is 33.0 Å². The standard InChI is InChI=1S/C28H46N2O/c1-16-11-25-26(30-15-16)18(3)28(31-25)10-8-21-22-6-5-19-12-20(29)7-9-27(19,4)24(22)13-23(21)17(2)14-28/h16,18-22,24-26,30H,5-15,29H2,1-4H3/t16-,18+,19+,20+,21-,22-,24-,25+,26-,27-,28-/m0/s1. The van der Waals surface area contributed by atoms with Crippen molar-refractivity contribution in [3.05, 3.63) is 11.1 Å². The first kappa shape index (κ1) is 21.2. The summed E-state index contributed by atoms with van der Waals surface area (Å²) in [7, 11) is 0. The molecule has 0 aromatic rings. The molecule has 174 valence electrons. The molecule has 5 fully saturated rings. The van der Waals surface area contributed by atoms with Gasteiger partial charge in [0.15, 0.2) is 0 Å². The lowest BCUT2D eigenvalue weighted by Crippen LogP contribution is -2.49. The Morgan fingerprint density at radius 2 is 1.90 bits per heavy atom. The van der Waals surface area contributed by atoms with Crippen molar-refractivity contribution >= 4 is 0 Å². The zero-order valence-corrected chi connectivity index (χ0v) is 20.5. The average Bonchev–Trinajstić information content (AvgIpc) is 3.19. The van der Waals surface area contributed by atoms with Gasteiger partial charge in [0.1, 0.15) is 0 Å². The number of rotatable bonds is 0. The van der Waals surface area contributed by atoms with Gasteiger partial charge in [-0.05, 0) is 113 Å². The minimum absolute atomic E-state index is 0.0853. The third-order valence-electron chi connectivity index (χ3n) is 11.7. The fraction of sp³-hybridized carbons (Fsp3) is 0.929. The maximum absolute atomic E-state index is 7.04. The second kappa shape index (κ2) is 7.31. The number of hydrogen-bond donors (Lipinski definition) is 2. The van der Waals surface area contributed by atoms with Crippen LogP contribution in [-0.2, 0) is 4.74 Å². The van der Waals surface area contributed by atoms with E-state index >= 15 is 0 Å². The Hall–Kier alpha value is -0.380. The Bertz CT molecular complexity index is 762. The Morgan fingerprint density at radius 3 is 2.74 bits per heavy atom. The monoisotopic (exact) mass is 426 g/mol. The van der Waals surface area contributed by atoms with E-state index in [9.17, 15) is 0 Å². The molecule has 6 rings (SSSR count). The molecular formula is C28H46N2O.